The van der Waals surface area contributed by atoms with E-state index >= 15 is 0 Å². The number of aromatic nitrogens is 2. The summed E-state index contributed by atoms with van der Waals surface area (Å²) in [7, 11) is 3.61. The van der Waals surface area contributed by atoms with Crippen molar-refractivity contribution in [2.75, 3.05) is 0 Å². The lowest BCUT2D eigenvalue weighted by Gasteiger charge is -2.09. The van der Waals surface area contributed by atoms with Crippen molar-refractivity contribution in [1.82, 2.24) is 9.13 Å². The van der Waals surface area contributed by atoms with Gasteiger partial charge in [0.1, 0.15) is 0 Å². The number of hydrogen-bond acceptors (Lipinski definition) is 2. The molecule has 1 unspecified atom stereocenters. The van der Waals surface area contributed by atoms with Crippen LogP contribution in [0.25, 0.3) is 11.0 Å². The van der Waals surface area contributed by atoms with Crippen LogP contribution in [0.5, 0.6) is 0 Å². The van der Waals surface area contributed by atoms with E-state index in [1.165, 1.54) is 5.56 Å². The highest BCUT2D eigenvalue weighted by Gasteiger charge is 2.14. The van der Waals surface area contributed by atoms with E-state index in [-0.39, 0.29) is 10.5 Å². The minimum absolute atomic E-state index is 0.00815. The molecular formula is C14H13BrN2OS. The first-order chi connectivity index (χ1) is 9.09. The number of thiophene rings is 1. The molecule has 0 radical (unpaired) electrons. The average molecular weight is 337 g/mol. The summed E-state index contributed by atoms with van der Waals surface area (Å²) < 4.78 is 3.36. The van der Waals surface area contributed by atoms with Gasteiger partial charge in [0.15, 0.2) is 0 Å². The predicted octanol–water partition coefficient (Wildman–Crippen LogP) is 3.42. The van der Waals surface area contributed by atoms with E-state index in [0.29, 0.717) is 0 Å². The maximum absolute atomic E-state index is 11.9. The van der Waals surface area contributed by atoms with Crippen molar-refractivity contribution in [3.63, 3.8) is 0 Å². The Balaban J connectivity index is 2.17. The van der Waals surface area contributed by atoms with Crippen LogP contribution >= 0.6 is 27.3 Å². The Morgan fingerprint density at radius 3 is 2.53 bits per heavy atom. The van der Waals surface area contributed by atoms with Crippen molar-refractivity contribution < 1.29 is 0 Å². The Morgan fingerprint density at radius 2 is 1.84 bits per heavy atom. The molecule has 0 aliphatic rings. The van der Waals surface area contributed by atoms with Gasteiger partial charge in [-0.1, -0.05) is 22.0 Å². The summed E-state index contributed by atoms with van der Waals surface area (Å²) in [6.45, 7) is 0. The molecule has 0 N–H and O–H groups in total. The van der Waals surface area contributed by atoms with Gasteiger partial charge in [0, 0.05) is 14.1 Å². The molecule has 0 amide bonds. The minimum Gasteiger partial charge on any atom is -0.295 e. The number of alkyl halides is 1. The van der Waals surface area contributed by atoms with E-state index in [4.69, 9.17) is 0 Å². The van der Waals surface area contributed by atoms with Gasteiger partial charge >= 0.3 is 5.69 Å². The SMILES string of the molecule is Cn1c(=O)n(C)c2cc(C(Br)c3ccsc3)ccc21. The largest absolute Gasteiger partial charge is 0.328 e. The maximum atomic E-state index is 11.9. The van der Waals surface area contributed by atoms with Crippen LogP contribution < -0.4 is 5.69 Å². The van der Waals surface area contributed by atoms with Crippen molar-refractivity contribution in [1.29, 1.82) is 0 Å². The first-order valence-corrected chi connectivity index (χ1v) is 7.77. The molecule has 19 heavy (non-hydrogen) atoms. The molecule has 0 saturated carbocycles. The second kappa shape index (κ2) is 4.65. The zero-order chi connectivity index (χ0) is 13.6. The lowest BCUT2D eigenvalue weighted by molar-refractivity contribution is 0.795. The molecule has 0 aliphatic carbocycles. The molecule has 3 rings (SSSR count). The van der Waals surface area contributed by atoms with Crippen LogP contribution in [0.3, 0.4) is 0 Å². The summed E-state index contributed by atoms with van der Waals surface area (Å²) >= 11 is 5.41. The Kier molecular flexibility index (Phi) is 3.11. The zero-order valence-electron chi connectivity index (χ0n) is 10.6. The highest BCUT2D eigenvalue weighted by molar-refractivity contribution is 9.09. The predicted molar refractivity (Wildman–Crippen MR) is 83.2 cm³/mol. The Morgan fingerprint density at radius 1 is 1.11 bits per heavy atom. The molecule has 1 aromatic carbocycles. The average Bonchev–Trinajstić information content (AvgIpc) is 3.03. The lowest BCUT2D eigenvalue weighted by Crippen LogP contribution is -2.19. The normalized spacial score (nSPS) is 13.0. The van der Waals surface area contributed by atoms with Crippen molar-refractivity contribution in [2.45, 2.75) is 4.83 Å². The summed E-state index contributed by atoms with van der Waals surface area (Å²) in [6, 6.07) is 8.26. The van der Waals surface area contributed by atoms with Gasteiger partial charge in [0.25, 0.3) is 0 Å². The topological polar surface area (TPSA) is 26.9 Å². The molecule has 98 valence electrons. The van der Waals surface area contributed by atoms with Crippen molar-refractivity contribution in [2.24, 2.45) is 14.1 Å². The van der Waals surface area contributed by atoms with Crippen LogP contribution in [0.4, 0.5) is 0 Å². The number of nitrogens with zero attached hydrogens (tertiary/aromatic N) is 2. The van der Waals surface area contributed by atoms with Crippen molar-refractivity contribution >= 4 is 38.3 Å². The first-order valence-electron chi connectivity index (χ1n) is 5.91. The molecule has 5 heteroatoms. The van der Waals surface area contributed by atoms with Gasteiger partial charge in [-0.2, -0.15) is 11.3 Å². The fourth-order valence-electron chi connectivity index (χ4n) is 2.29. The fourth-order valence-corrected chi connectivity index (χ4v) is 3.72. The van der Waals surface area contributed by atoms with E-state index in [1.807, 2.05) is 13.1 Å². The number of fused-ring (bicyclic) bond motifs is 1. The van der Waals surface area contributed by atoms with Gasteiger partial charge in [-0.05, 0) is 40.1 Å². The number of halogens is 1. The maximum Gasteiger partial charge on any atom is 0.328 e. The van der Waals surface area contributed by atoms with Crippen molar-refractivity contribution in [3.8, 4) is 0 Å². The van der Waals surface area contributed by atoms with Crippen LogP contribution in [0.15, 0.2) is 39.8 Å². The smallest absolute Gasteiger partial charge is 0.295 e. The Hall–Kier alpha value is -1.33. The van der Waals surface area contributed by atoms with Crippen LogP contribution in [-0.2, 0) is 14.1 Å². The van der Waals surface area contributed by atoms with Gasteiger partial charge in [0.2, 0.25) is 0 Å². The number of hydrogen-bond donors (Lipinski definition) is 0. The second-order valence-electron chi connectivity index (χ2n) is 4.57. The van der Waals surface area contributed by atoms with E-state index in [0.717, 1.165) is 16.6 Å². The Labute approximate surface area is 123 Å². The number of rotatable bonds is 2. The van der Waals surface area contributed by atoms with Gasteiger partial charge in [-0.25, -0.2) is 4.79 Å². The Bertz CT molecular complexity index is 786. The van der Waals surface area contributed by atoms with Gasteiger partial charge in [-0.3, -0.25) is 9.13 Å². The number of aryl methyl sites for hydroxylation is 2. The van der Waals surface area contributed by atoms with Gasteiger partial charge < -0.3 is 0 Å². The fraction of sp³-hybridized carbons (Fsp3) is 0.214. The molecule has 0 fully saturated rings. The third-order valence-corrected chi connectivity index (χ3v) is 5.18. The second-order valence-corrected chi connectivity index (χ2v) is 6.26. The summed E-state index contributed by atoms with van der Waals surface area (Å²) in [5.74, 6) is 0. The third kappa shape index (κ3) is 1.97. The first kappa shape index (κ1) is 12.7. The van der Waals surface area contributed by atoms with Crippen LogP contribution in [0.1, 0.15) is 16.0 Å². The molecule has 0 saturated heterocycles. The molecule has 0 spiro atoms. The quantitative estimate of drug-likeness (QED) is 0.658. The molecular weight excluding hydrogens is 324 g/mol. The number of benzene rings is 1. The zero-order valence-corrected chi connectivity index (χ0v) is 13.0. The van der Waals surface area contributed by atoms with Crippen LogP contribution in [0, 0.1) is 0 Å². The molecule has 2 heterocycles. The third-order valence-electron chi connectivity index (χ3n) is 3.42. The molecule has 1 atom stereocenters. The summed E-state index contributed by atoms with van der Waals surface area (Å²) in [5.41, 5.74) is 4.33. The van der Waals surface area contributed by atoms with Crippen LogP contribution in [0.2, 0.25) is 0 Å². The highest BCUT2D eigenvalue weighted by Crippen LogP contribution is 2.33. The summed E-state index contributed by atoms with van der Waals surface area (Å²) in [6.07, 6.45) is 0. The molecule has 3 nitrogen and oxygen atoms in total. The van der Waals surface area contributed by atoms with Crippen molar-refractivity contribution in [3.05, 3.63) is 56.6 Å². The van der Waals surface area contributed by atoms with E-state index in [9.17, 15) is 4.79 Å². The molecule has 0 bridgehead atoms. The standard InChI is InChI=1S/C14H13BrN2OS/c1-16-11-4-3-9(7-12(11)17(2)14(16)18)13(15)10-5-6-19-8-10/h3-8,13H,1-2H3. The van der Waals surface area contributed by atoms with Gasteiger partial charge in [-0.15, -0.1) is 0 Å². The van der Waals surface area contributed by atoms with E-state index in [2.05, 4.69) is 44.9 Å². The minimum atomic E-state index is 0.00815. The van der Waals surface area contributed by atoms with Crippen LogP contribution in [-0.4, -0.2) is 9.13 Å². The van der Waals surface area contributed by atoms with E-state index in [1.54, 1.807) is 27.5 Å². The lowest BCUT2D eigenvalue weighted by atomic mass is 10.1. The molecule has 3 aromatic rings. The summed E-state index contributed by atoms with van der Waals surface area (Å²) in [4.78, 5) is 12.1. The highest BCUT2D eigenvalue weighted by atomic mass is 79.9. The summed E-state index contributed by atoms with van der Waals surface area (Å²) in [5, 5.41) is 4.20. The van der Waals surface area contributed by atoms with E-state index < -0.39 is 0 Å². The molecule has 0 aliphatic heterocycles. The van der Waals surface area contributed by atoms with Gasteiger partial charge in [0.05, 0.1) is 15.9 Å². The molecule has 2 aromatic heterocycles. The monoisotopic (exact) mass is 336 g/mol. The number of imidazole rings is 1.